The molecule has 1 fully saturated rings. The van der Waals surface area contributed by atoms with E-state index >= 15 is 0 Å². The number of piperidine rings is 1. The third kappa shape index (κ3) is 3.00. The number of hydrogen-bond acceptors (Lipinski definition) is 5. The molecular formula is C17H24N6O. The van der Waals surface area contributed by atoms with Crippen LogP contribution < -0.4 is 5.56 Å². The highest BCUT2D eigenvalue weighted by molar-refractivity contribution is 5.02. The Labute approximate surface area is 141 Å². The quantitative estimate of drug-likeness (QED) is 0.837. The molecule has 0 aliphatic carbocycles. The summed E-state index contributed by atoms with van der Waals surface area (Å²) in [6, 6.07) is 0. The molecule has 0 aromatic carbocycles. The summed E-state index contributed by atoms with van der Waals surface area (Å²) in [7, 11) is 0. The molecule has 0 atom stereocenters. The van der Waals surface area contributed by atoms with Crippen molar-refractivity contribution < 1.29 is 0 Å². The van der Waals surface area contributed by atoms with E-state index in [1.54, 1.807) is 17.1 Å². The standard InChI is InChI=1S/C17H24N6O/c1-13-9-18-12-22(17(13)24)10-14-4-7-21(8-5-14)11-16-20-19-15-3-2-6-23(15)16/h9,12,14H,2-8,10-11H2,1H3. The van der Waals surface area contributed by atoms with Crippen LogP contribution in [0, 0.1) is 12.8 Å². The lowest BCUT2D eigenvalue weighted by molar-refractivity contribution is 0.161. The second-order valence-electron chi connectivity index (χ2n) is 7.04. The zero-order valence-electron chi connectivity index (χ0n) is 14.2. The topological polar surface area (TPSA) is 68.8 Å². The Balaban J connectivity index is 1.33. The maximum absolute atomic E-state index is 12.1. The molecule has 24 heavy (non-hydrogen) atoms. The van der Waals surface area contributed by atoms with Gasteiger partial charge in [0.15, 0.2) is 0 Å². The second kappa shape index (κ2) is 6.47. The summed E-state index contributed by atoms with van der Waals surface area (Å²) in [6.07, 6.45) is 7.79. The lowest BCUT2D eigenvalue weighted by atomic mass is 9.96. The highest BCUT2D eigenvalue weighted by atomic mass is 16.1. The second-order valence-corrected chi connectivity index (χ2v) is 7.04. The van der Waals surface area contributed by atoms with Crippen LogP contribution in [0.3, 0.4) is 0 Å². The van der Waals surface area contributed by atoms with Crippen molar-refractivity contribution in [2.24, 2.45) is 5.92 Å². The van der Waals surface area contributed by atoms with Gasteiger partial charge >= 0.3 is 0 Å². The Morgan fingerprint density at radius 1 is 1.21 bits per heavy atom. The molecule has 2 aliphatic heterocycles. The first-order valence-corrected chi connectivity index (χ1v) is 8.85. The first kappa shape index (κ1) is 15.5. The fraction of sp³-hybridized carbons (Fsp3) is 0.647. The Morgan fingerprint density at radius 2 is 2.04 bits per heavy atom. The highest BCUT2D eigenvalue weighted by Crippen LogP contribution is 2.21. The monoisotopic (exact) mass is 328 g/mol. The molecule has 0 radical (unpaired) electrons. The van der Waals surface area contributed by atoms with E-state index in [1.807, 2.05) is 6.92 Å². The predicted molar refractivity (Wildman–Crippen MR) is 89.6 cm³/mol. The third-order valence-corrected chi connectivity index (χ3v) is 5.29. The lowest BCUT2D eigenvalue weighted by Gasteiger charge is -2.31. The summed E-state index contributed by atoms with van der Waals surface area (Å²) in [5, 5.41) is 8.65. The lowest BCUT2D eigenvalue weighted by Crippen LogP contribution is -2.36. The van der Waals surface area contributed by atoms with Crippen LogP contribution >= 0.6 is 0 Å². The van der Waals surface area contributed by atoms with Gasteiger partial charge in [-0.2, -0.15) is 0 Å². The molecule has 2 aromatic heterocycles. The summed E-state index contributed by atoms with van der Waals surface area (Å²) in [5.41, 5.74) is 0.807. The van der Waals surface area contributed by atoms with Crippen molar-refractivity contribution >= 4 is 0 Å². The number of aromatic nitrogens is 5. The zero-order chi connectivity index (χ0) is 16.5. The molecule has 2 aliphatic rings. The van der Waals surface area contributed by atoms with Crippen molar-refractivity contribution in [1.82, 2.24) is 29.2 Å². The Bertz CT molecular complexity index is 772. The fourth-order valence-electron chi connectivity index (χ4n) is 3.82. The summed E-state index contributed by atoms with van der Waals surface area (Å²) < 4.78 is 4.05. The summed E-state index contributed by atoms with van der Waals surface area (Å²) in [6.45, 7) is 6.68. The van der Waals surface area contributed by atoms with E-state index in [9.17, 15) is 4.79 Å². The van der Waals surface area contributed by atoms with Crippen LogP contribution in [0.4, 0.5) is 0 Å². The fourth-order valence-corrected chi connectivity index (χ4v) is 3.82. The molecule has 0 unspecified atom stereocenters. The molecule has 128 valence electrons. The maximum Gasteiger partial charge on any atom is 0.256 e. The van der Waals surface area contributed by atoms with E-state index in [0.29, 0.717) is 5.92 Å². The average Bonchev–Trinajstić information content (AvgIpc) is 3.19. The number of rotatable bonds is 4. The van der Waals surface area contributed by atoms with Crippen molar-refractivity contribution in [3.63, 3.8) is 0 Å². The predicted octanol–water partition coefficient (Wildman–Crippen LogP) is 1.00. The van der Waals surface area contributed by atoms with Gasteiger partial charge in [0, 0.05) is 31.3 Å². The van der Waals surface area contributed by atoms with Gasteiger partial charge in [0.1, 0.15) is 11.6 Å². The van der Waals surface area contributed by atoms with E-state index in [4.69, 9.17) is 0 Å². The first-order valence-electron chi connectivity index (χ1n) is 8.85. The van der Waals surface area contributed by atoms with Gasteiger partial charge in [-0.05, 0) is 45.2 Å². The van der Waals surface area contributed by atoms with Gasteiger partial charge in [0.25, 0.3) is 5.56 Å². The Kier molecular flexibility index (Phi) is 4.18. The molecule has 0 spiro atoms. The number of hydrogen-bond donors (Lipinski definition) is 0. The van der Waals surface area contributed by atoms with Crippen LogP contribution in [-0.2, 0) is 26.1 Å². The molecule has 2 aromatic rings. The minimum absolute atomic E-state index is 0.0893. The number of fused-ring (bicyclic) bond motifs is 1. The van der Waals surface area contributed by atoms with Gasteiger partial charge in [0.05, 0.1) is 12.9 Å². The molecular weight excluding hydrogens is 304 g/mol. The molecule has 0 amide bonds. The zero-order valence-corrected chi connectivity index (χ0v) is 14.2. The van der Waals surface area contributed by atoms with Gasteiger partial charge in [-0.15, -0.1) is 10.2 Å². The van der Waals surface area contributed by atoms with Crippen molar-refractivity contribution in [2.75, 3.05) is 13.1 Å². The smallest absolute Gasteiger partial charge is 0.256 e. The van der Waals surface area contributed by atoms with E-state index in [2.05, 4.69) is 24.6 Å². The van der Waals surface area contributed by atoms with Crippen LogP contribution in [0.25, 0.3) is 0 Å². The van der Waals surface area contributed by atoms with Crippen molar-refractivity contribution in [3.05, 3.63) is 40.1 Å². The first-order chi connectivity index (χ1) is 11.7. The number of aryl methyl sites for hydroxylation is 2. The van der Waals surface area contributed by atoms with Gasteiger partial charge in [0.2, 0.25) is 0 Å². The van der Waals surface area contributed by atoms with Crippen LogP contribution in [0.5, 0.6) is 0 Å². The summed E-state index contributed by atoms with van der Waals surface area (Å²) in [5.74, 6) is 2.80. The van der Waals surface area contributed by atoms with Gasteiger partial charge in [-0.1, -0.05) is 0 Å². The van der Waals surface area contributed by atoms with E-state index in [1.165, 1.54) is 6.42 Å². The number of likely N-dealkylation sites (tertiary alicyclic amines) is 1. The molecule has 7 nitrogen and oxygen atoms in total. The largest absolute Gasteiger partial charge is 0.314 e. The minimum atomic E-state index is 0.0893. The summed E-state index contributed by atoms with van der Waals surface area (Å²) >= 11 is 0. The van der Waals surface area contributed by atoms with Crippen LogP contribution in [-0.4, -0.2) is 42.3 Å². The van der Waals surface area contributed by atoms with Crippen LogP contribution in [0.2, 0.25) is 0 Å². The summed E-state index contributed by atoms with van der Waals surface area (Å²) in [4.78, 5) is 18.7. The Hall–Kier alpha value is -2.02. The van der Waals surface area contributed by atoms with E-state index in [0.717, 1.165) is 69.2 Å². The Morgan fingerprint density at radius 3 is 2.88 bits per heavy atom. The molecule has 4 heterocycles. The van der Waals surface area contributed by atoms with Gasteiger partial charge in [-0.25, -0.2) is 4.98 Å². The minimum Gasteiger partial charge on any atom is -0.314 e. The average molecular weight is 328 g/mol. The third-order valence-electron chi connectivity index (χ3n) is 5.29. The van der Waals surface area contributed by atoms with Crippen molar-refractivity contribution in [2.45, 2.75) is 52.2 Å². The molecule has 0 saturated carbocycles. The number of nitrogens with zero attached hydrogens (tertiary/aromatic N) is 6. The SMILES string of the molecule is Cc1cncn(CC2CCN(Cc3nnc4n3CCC4)CC2)c1=O. The van der Waals surface area contributed by atoms with E-state index in [-0.39, 0.29) is 5.56 Å². The van der Waals surface area contributed by atoms with Crippen LogP contribution in [0.1, 0.15) is 36.5 Å². The van der Waals surface area contributed by atoms with Gasteiger partial charge < -0.3 is 4.57 Å². The molecule has 1 saturated heterocycles. The molecule has 4 rings (SSSR count). The molecule has 0 N–H and O–H groups in total. The normalized spacial score (nSPS) is 18.9. The van der Waals surface area contributed by atoms with Crippen molar-refractivity contribution in [1.29, 1.82) is 0 Å². The molecule has 0 bridgehead atoms. The maximum atomic E-state index is 12.1. The highest BCUT2D eigenvalue weighted by Gasteiger charge is 2.23. The molecule has 7 heteroatoms. The van der Waals surface area contributed by atoms with Crippen LogP contribution in [0.15, 0.2) is 17.3 Å². The van der Waals surface area contributed by atoms with Gasteiger partial charge in [-0.3, -0.25) is 14.3 Å². The van der Waals surface area contributed by atoms with Crippen molar-refractivity contribution in [3.8, 4) is 0 Å². The van der Waals surface area contributed by atoms with E-state index < -0.39 is 0 Å².